The largest absolute Gasteiger partial charge is 0.461 e. The number of ketones is 1. The zero-order chi connectivity index (χ0) is 24.8. The number of carbonyl (C=O) groups excluding carboxylic acids is 3. The van der Waals surface area contributed by atoms with Gasteiger partial charge in [-0.25, -0.2) is 9.18 Å². The summed E-state index contributed by atoms with van der Waals surface area (Å²) in [5.41, 5.74) is 2.04. The molecule has 0 aliphatic carbocycles. The first-order chi connectivity index (χ1) is 16.2. The van der Waals surface area contributed by atoms with E-state index in [1.165, 1.54) is 29.2 Å². The van der Waals surface area contributed by atoms with Crippen LogP contribution < -0.4 is 0 Å². The lowest BCUT2D eigenvalue weighted by Gasteiger charge is -2.30. The molecule has 2 aromatic rings. The fourth-order valence-corrected chi connectivity index (χ4v) is 4.27. The summed E-state index contributed by atoms with van der Waals surface area (Å²) in [7, 11) is 1.71. The van der Waals surface area contributed by atoms with Crippen LogP contribution in [0.4, 0.5) is 4.39 Å². The van der Waals surface area contributed by atoms with Crippen LogP contribution in [0.2, 0.25) is 0 Å². The average Bonchev–Trinajstić information content (AvgIpc) is 3.04. The van der Waals surface area contributed by atoms with Crippen LogP contribution in [0.1, 0.15) is 49.4 Å². The first kappa shape index (κ1) is 25.6. The molecule has 0 atom stereocenters. The number of esters is 1. The maximum Gasteiger partial charge on any atom is 0.355 e. The van der Waals surface area contributed by atoms with Gasteiger partial charge in [-0.05, 0) is 44.5 Å². The normalized spacial score (nSPS) is 14.1. The van der Waals surface area contributed by atoms with E-state index < -0.39 is 17.7 Å². The van der Waals surface area contributed by atoms with E-state index in [4.69, 9.17) is 9.47 Å². The summed E-state index contributed by atoms with van der Waals surface area (Å²) in [5, 5.41) is 0. The molecule has 1 fully saturated rings. The van der Waals surface area contributed by atoms with Crippen LogP contribution in [0.3, 0.4) is 0 Å². The van der Waals surface area contributed by atoms with Crippen molar-refractivity contribution in [2.45, 2.75) is 20.8 Å². The van der Waals surface area contributed by atoms with Crippen LogP contribution in [0.15, 0.2) is 24.3 Å². The number of aromatic nitrogens is 1. The molecule has 0 unspecified atom stereocenters. The highest BCUT2D eigenvalue weighted by atomic mass is 19.1. The van der Waals surface area contributed by atoms with Gasteiger partial charge in [-0.15, -0.1) is 0 Å². The number of rotatable bonds is 9. The van der Waals surface area contributed by atoms with Gasteiger partial charge in [-0.2, -0.15) is 0 Å². The van der Waals surface area contributed by atoms with Crippen molar-refractivity contribution in [3.8, 4) is 0 Å². The van der Waals surface area contributed by atoms with Gasteiger partial charge in [0.05, 0.1) is 26.4 Å². The topological polar surface area (TPSA) is 81.1 Å². The van der Waals surface area contributed by atoms with Crippen molar-refractivity contribution in [2.75, 3.05) is 52.5 Å². The number of morpholine rings is 1. The van der Waals surface area contributed by atoms with E-state index >= 15 is 0 Å². The highest BCUT2D eigenvalue weighted by molar-refractivity contribution is 6.06. The molecule has 9 heteroatoms. The standard InChI is InChI=1S/C25H32FN3O5/c1-5-34-25(32)23-17(2)22(18(3)27(23)4)21(30)16-29(10-9-28-11-13-33-14-12-28)24(31)19-7-6-8-20(26)15-19/h6-8,15H,5,9-14,16H2,1-4H3. The molecule has 0 radical (unpaired) electrons. The minimum absolute atomic E-state index is 0.184. The highest BCUT2D eigenvalue weighted by Gasteiger charge is 2.28. The molecule has 184 valence electrons. The Morgan fingerprint density at radius 2 is 1.88 bits per heavy atom. The second-order valence-corrected chi connectivity index (χ2v) is 8.33. The molecule has 34 heavy (non-hydrogen) atoms. The monoisotopic (exact) mass is 473 g/mol. The van der Waals surface area contributed by atoms with Crippen molar-refractivity contribution in [3.05, 3.63) is 58.2 Å². The summed E-state index contributed by atoms with van der Waals surface area (Å²) in [6.45, 7) is 8.83. The van der Waals surface area contributed by atoms with Crippen molar-refractivity contribution in [2.24, 2.45) is 7.05 Å². The number of hydrogen-bond donors (Lipinski definition) is 0. The van der Waals surface area contributed by atoms with Crippen LogP contribution in [0.5, 0.6) is 0 Å². The van der Waals surface area contributed by atoms with Crippen LogP contribution in [0.25, 0.3) is 0 Å². The Morgan fingerprint density at radius 3 is 2.53 bits per heavy atom. The third kappa shape index (κ3) is 5.71. The summed E-state index contributed by atoms with van der Waals surface area (Å²) in [5.74, 6) is -1.71. The molecule has 1 saturated heterocycles. The maximum atomic E-state index is 13.8. The van der Waals surface area contributed by atoms with Crippen molar-refractivity contribution in [1.82, 2.24) is 14.4 Å². The molecular formula is C25H32FN3O5. The Balaban J connectivity index is 1.86. The number of ether oxygens (including phenoxy) is 2. The van der Waals surface area contributed by atoms with E-state index in [0.29, 0.717) is 48.8 Å². The predicted octanol–water partition coefficient (Wildman–Crippen LogP) is 2.62. The van der Waals surface area contributed by atoms with Gasteiger partial charge in [0.25, 0.3) is 5.91 Å². The van der Waals surface area contributed by atoms with E-state index in [0.717, 1.165) is 13.1 Å². The zero-order valence-corrected chi connectivity index (χ0v) is 20.2. The molecule has 3 rings (SSSR count). The molecule has 0 bridgehead atoms. The Morgan fingerprint density at radius 1 is 1.18 bits per heavy atom. The molecule has 1 aliphatic rings. The van der Waals surface area contributed by atoms with Gasteiger partial charge < -0.3 is 18.9 Å². The lowest BCUT2D eigenvalue weighted by Crippen LogP contribution is -2.44. The number of halogens is 1. The highest BCUT2D eigenvalue weighted by Crippen LogP contribution is 2.23. The molecule has 1 aliphatic heterocycles. The number of Topliss-reactive ketones (excluding diaryl/α,β-unsaturated/α-hetero) is 1. The first-order valence-corrected chi connectivity index (χ1v) is 11.5. The Hall–Kier alpha value is -3.04. The third-order valence-electron chi connectivity index (χ3n) is 6.16. The number of amides is 1. The first-order valence-electron chi connectivity index (χ1n) is 11.5. The molecule has 0 spiro atoms. The second kappa shape index (κ2) is 11.4. The molecule has 8 nitrogen and oxygen atoms in total. The summed E-state index contributed by atoms with van der Waals surface area (Å²) >= 11 is 0. The van der Waals surface area contributed by atoms with Crippen LogP contribution in [-0.4, -0.2) is 84.6 Å². The lowest BCUT2D eigenvalue weighted by atomic mass is 10.0. The van der Waals surface area contributed by atoms with Gasteiger partial charge in [0, 0.05) is 50.0 Å². The fraction of sp³-hybridized carbons (Fsp3) is 0.480. The van der Waals surface area contributed by atoms with Crippen molar-refractivity contribution >= 4 is 17.7 Å². The van der Waals surface area contributed by atoms with Gasteiger partial charge in [0.1, 0.15) is 11.5 Å². The fourth-order valence-electron chi connectivity index (χ4n) is 4.27. The van der Waals surface area contributed by atoms with E-state index in [1.807, 2.05) is 0 Å². The average molecular weight is 474 g/mol. The molecule has 1 aromatic carbocycles. The number of hydrogen-bond acceptors (Lipinski definition) is 6. The van der Waals surface area contributed by atoms with Gasteiger partial charge in [0.2, 0.25) is 0 Å². The number of benzene rings is 1. The van der Waals surface area contributed by atoms with Crippen LogP contribution >= 0.6 is 0 Å². The predicted molar refractivity (Wildman–Crippen MR) is 125 cm³/mol. The minimum Gasteiger partial charge on any atom is -0.461 e. The zero-order valence-electron chi connectivity index (χ0n) is 20.2. The summed E-state index contributed by atoms with van der Waals surface area (Å²) < 4.78 is 25.9. The lowest BCUT2D eigenvalue weighted by molar-refractivity contribution is 0.0323. The van der Waals surface area contributed by atoms with Gasteiger partial charge >= 0.3 is 5.97 Å². The van der Waals surface area contributed by atoms with Crippen LogP contribution in [-0.2, 0) is 16.5 Å². The molecule has 1 amide bonds. The van der Waals surface area contributed by atoms with Crippen molar-refractivity contribution < 1.29 is 28.2 Å². The van der Waals surface area contributed by atoms with Crippen LogP contribution in [0, 0.1) is 19.7 Å². The van der Waals surface area contributed by atoms with E-state index in [2.05, 4.69) is 4.90 Å². The smallest absolute Gasteiger partial charge is 0.355 e. The Bertz CT molecular complexity index is 1060. The van der Waals surface area contributed by atoms with Gasteiger partial charge in [0.15, 0.2) is 5.78 Å². The molecule has 0 saturated carbocycles. The third-order valence-corrected chi connectivity index (χ3v) is 6.16. The summed E-state index contributed by atoms with van der Waals surface area (Å²) in [6, 6.07) is 5.46. The number of nitrogens with zero attached hydrogens (tertiary/aromatic N) is 3. The molecule has 1 aromatic heterocycles. The van der Waals surface area contributed by atoms with Crippen molar-refractivity contribution in [3.63, 3.8) is 0 Å². The van der Waals surface area contributed by atoms with Gasteiger partial charge in [-0.1, -0.05) is 6.07 Å². The van der Waals surface area contributed by atoms with Crippen molar-refractivity contribution in [1.29, 1.82) is 0 Å². The van der Waals surface area contributed by atoms with E-state index in [9.17, 15) is 18.8 Å². The Labute approximate surface area is 199 Å². The quantitative estimate of drug-likeness (QED) is 0.412. The van der Waals surface area contributed by atoms with E-state index in [1.54, 1.807) is 32.4 Å². The molecular weight excluding hydrogens is 441 g/mol. The molecule has 0 N–H and O–H groups in total. The Kier molecular flexibility index (Phi) is 8.57. The number of carbonyl (C=O) groups is 3. The summed E-state index contributed by atoms with van der Waals surface area (Å²) in [6.07, 6.45) is 0. The summed E-state index contributed by atoms with van der Waals surface area (Å²) in [4.78, 5) is 42.7. The SMILES string of the molecule is CCOC(=O)c1c(C)c(C(=O)CN(CCN2CCOCC2)C(=O)c2cccc(F)c2)c(C)n1C. The van der Waals surface area contributed by atoms with Gasteiger partial charge in [-0.3, -0.25) is 14.5 Å². The second-order valence-electron chi connectivity index (χ2n) is 8.33. The maximum absolute atomic E-state index is 13.8. The molecule has 2 heterocycles. The minimum atomic E-state index is -0.515. The van der Waals surface area contributed by atoms with E-state index in [-0.39, 0.29) is 24.5 Å².